The number of aryl methyl sites for hydroxylation is 2. The Bertz CT molecular complexity index is 387. The van der Waals surface area contributed by atoms with Gasteiger partial charge in [0.25, 0.3) is 0 Å². The third-order valence-corrected chi connectivity index (χ3v) is 1.75. The van der Waals surface area contributed by atoms with Crippen molar-refractivity contribution in [2.75, 3.05) is 0 Å². The van der Waals surface area contributed by atoms with Crippen LogP contribution in [0.2, 0.25) is 0 Å². The number of nitrogens with one attached hydrogen (secondary N) is 1. The maximum Gasteiger partial charge on any atom is 0.137 e. The quantitative estimate of drug-likeness (QED) is 0.606. The lowest BCUT2D eigenvalue weighted by molar-refractivity contribution is 1.20. The molecule has 0 saturated heterocycles. The zero-order valence-electron chi connectivity index (χ0n) is 6.68. The molecule has 0 amide bonds. The van der Waals surface area contributed by atoms with E-state index in [0.717, 1.165) is 17.0 Å². The summed E-state index contributed by atoms with van der Waals surface area (Å²) in [7, 11) is 0. The Morgan fingerprint density at radius 1 is 1.27 bits per heavy atom. The number of aromatic nitrogens is 2. The fourth-order valence-electron chi connectivity index (χ4n) is 1.24. The Morgan fingerprint density at radius 3 is 2.91 bits per heavy atom. The van der Waals surface area contributed by atoms with Crippen LogP contribution in [-0.4, -0.2) is 9.97 Å². The molecule has 0 aliphatic rings. The topological polar surface area (TPSA) is 28.7 Å². The van der Waals surface area contributed by atoms with Gasteiger partial charge >= 0.3 is 0 Å². The zero-order chi connectivity index (χ0) is 7.84. The summed E-state index contributed by atoms with van der Waals surface area (Å²) in [6.45, 7) is 4.03. The van der Waals surface area contributed by atoms with Crippen LogP contribution in [-0.2, 0) is 0 Å². The maximum atomic E-state index is 4.34. The number of hydrogen-bond acceptors (Lipinski definition) is 1. The molecule has 0 aliphatic heterocycles. The second-order valence-corrected chi connectivity index (χ2v) is 2.84. The number of hydrogen-bond donors (Lipinski definition) is 1. The molecule has 0 unspecified atom stereocenters. The van der Waals surface area contributed by atoms with Gasteiger partial charge in [0, 0.05) is 16.8 Å². The zero-order valence-corrected chi connectivity index (χ0v) is 6.68. The van der Waals surface area contributed by atoms with E-state index in [0.29, 0.717) is 0 Å². The van der Waals surface area contributed by atoms with E-state index >= 15 is 0 Å². The second-order valence-electron chi connectivity index (χ2n) is 2.84. The van der Waals surface area contributed by atoms with Crippen molar-refractivity contribution in [1.82, 2.24) is 9.97 Å². The molecule has 0 saturated carbocycles. The van der Waals surface area contributed by atoms with E-state index in [1.807, 2.05) is 19.9 Å². The molecule has 2 heteroatoms. The van der Waals surface area contributed by atoms with Gasteiger partial charge in [0.1, 0.15) is 5.65 Å². The first kappa shape index (κ1) is 6.40. The molecule has 0 radical (unpaired) electrons. The van der Waals surface area contributed by atoms with Gasteiger partial charge in [-0.05, 0) is 32.0 Å². The van der Waals surface area contributed by atoms with Gasteiger partial charge in [-0.2, -0.15) is 0 Å². The van der Waals surface area contributed by atoms with E-state index in [1.54, 1.807) is 0 Å². The molecule has 0 spiro atoms. The van der Waals surface area contributed by atoms with Crippen LogP contribution in [0.15, 0.2) is 18.2 Å². The van der Waals surface area contributed by atoms with Crippen molar-refractivity contribution in [3.8, 4) is 0 Å². The maximum absolute atomic E-state index is 4.34. The summed E-state index contributed by atoms with van der Waals surface area (Å²) in [4.78, 5) is 7.53. The van der Waals surface area contributed by atoms with Crippen LogP contribution in [0.1, 0.15) is 11.4 Å². The van der Waals surface area contributed by atoms with E-state index in [9.17, 15) is 0 Å². The monoisotopic (exact) mass is 146 g/mol. The van der Waals surface area contributed by atoms with Crippen LogP contribution >= 0.6 is 0 Å². The summed E-state index contributed by atoms with van der Waals surface area (Å²) in [5.74, 6) is 0. The number of H-pyrrole nitrogens is 1. The van der Waals surface area contributed by atoms with E-state index in [-0.39, 0.29) is 0 Å². The largest absolute Gasteiger partial charge is 0.344 e. The fraction of sp³-hybridized carbons (Fsp3) is 0.222. The molecule has 2 aromatic heterocycles. The molecular weight excluding hydrogens is 136 g/mol. The minimum absolute atomic E-state index is 0.988. The second kappa shape index (κ2) is 2.09. The summed E-state index contributed by atoms with van der Waals surface area (Å²) in [5, 5.41) is 1.19. The third kappa shape index (κ3) is 1.00. The third-order valence-electron chi connectivity index (χ3n) is 1.75. The first-order valence-electron chi connectivity index (χ1n) is 3.69. The smallest absolute Gasteiger partial charge is 0.137 e. The summed E-state index contributed by atoms with van der Waals surface area (Å²) >= 11 is 0. The summed E-state index contributed by atoms with van der Waals surface area (Å²) in [5.41, 5.74) is 3.21. The van der Waals surface area contributed by atoms with Gasteiger partial charge in [-0.25, -0.2) is 4.98 Å². The summed E-state index contributed by atoms with van der Waals surface area (Å²) in [6, 6.07) is 6.21. The minimum atomic E-state index is 0.988. The first-order chi connectivity index (χ1) is 5.25. The lowest BCUT2D eigenvalue weighted by Crippen LogP contribution is -1.79. The molecule has 1 N–H and O–H groups in total. The molecule has 2 aromatic rings. The predicted molar refractivity (Wildman–Crippen MR) is 45.6 cm³/mol. The number of rotatable bonds is 0. The molecular formula is C9H10N2. The molecule has 0 atom stereocenters. The Balaban J connectivity index is 2.82. The van der Waals surface area contributed by atoms with Crippen LogP contribution < -0.4 is 0 Å². The molecule has 56 valence electrons. The highest BCUT2D eigenvalue weighted by atomic mass is 14.9. The van der Waals surface area contributed by atoms with Crippen LogP contribution in [0.25, 0.3) is 11.0 Å². The average molecular weight is 146 g/mol. The molecule has 0 fully saturated rings. The van der Waals surface area contributed by atoms with Crippen LogP contribution in [0.4, 0.5) is 0 Å². The van der Waals surface area contributed by atoms with Crippen molar-refractivity contribution in [3.05, 3.63) is 29.6 Å². The Hall–Kier alpha value is -1.31. The summed E-state index contributed by atoms with van der Waals surface area (Å²) in [6.07, 6.45) is 0. The molecule has 2 nitrogen and oxygen atoms in total. The number of pyridine rings is 1. The average Bonchev–Trinajstić information content (AvgIpc) is 2.27. The molecule has 2 rings (SSSR count). The van der Waals surface area contributed by atoms with Crippen molar-refractivity contribution in [2.45, 2.75) is 13.8 Å². The van der Waals surface area contributed by atoms with Gasteiger partial charge in [0.2, 0.25) is 0 Å². The van der Waals surface area contributed by atoms with Gasteiger partial charge in [0.05, 0.1) is 0 Å². The van der Waals surface area contributed by atoms with Crippen molar-refractivity contribution >= 4 is 11.0 Å². The van der Waals surface area contributed by atoms with E-state index in [1.165, 1.54) is 5.39 Å². The lowest BCUT2D eigenvalue weighted by atomic mass is 10.3. The molecule has 2 heterocycles. The Morgan fingerprint density at radius 2 is 2.09 bits per heavy atom. The number of nitrogens with zero attached hydrogens (tertiary/aromatic N) is 1. The van der Waals surface area contributed by atoms with Crippen LogP contribution in [0, 0.1) is 13.8 Å². The van der Waals surface area contributed by atoms with Gasteiger partial charge in [-0.3, -0.25) is 0 Å². The Kier molecular flexibility index (Phi) is 1.22. The lowest BCUT2D eigenvalue weighted by Gasteiger charge is -1.89. The number of fused-ring (bicyclic) bond motifs is 1. The highest BCUT2D eigenvalue weighted by Gasteiger charge is 1.96. The van der Waals surface area contributed by atoms with Crippen molar-refractivity contribution in [3.63, 3.8) is 0 Å². The molecule has 0 aliphatic carbocycles. The van der Waals surface area contributed by atoms with Gasteiger partial charge < -0.3 is 4.98 Å². The number of aromatic amines is 1. The normalized spacial score (nSPS) is 10.7. The van der Waals surface area contributed by atoms with Crippen molar-refractivity contribution < 1.29 is 0 Å². The van der Waals surface area contributed by atoms with Crippen molar-refractivity contribution in [1.29, 1.82) is 0 Å². The van der Waals surface area contributed by atoms with E-state index in [2.05, 4.69) is 22.1 Å². The van der Waals surface area contributed by atoms with Gasteiger partial charge in [0.15, 0.2) is 0 Å². The van der Waals surface area contributed by atoms with Gasteiger partial charge in [-0.15, -0.1) is 0 Å². The SMILES string of the molecule is Cc1ccc2cc(C)[nH]c2n1. The van der Waals surface area contributed by atoms with Crippen molar-refractivity contribution in [2.24, 2.45) is 0 Å². The fourth-order valence-corrected chi connectivity index (χ4v) is 1.24. The van der Waals surface area contributed by atoms with Gasteiger partial charge in [-0.1, -0.05) is 0 Å². The highest BCUT2D eigenvalue weighted by Crippen LogP contribution is 2.12. The Labute approximate surface area is 65.3 Å². The van der Waals surface area contributed by atoms with Crippen LogP contribution in [0.3, 0.4) is 0 Å². The van der Waals surface area contributed by atoms with E-state index in [4.69, 9.17) is 0 Å². The van der Waals surface area contributed by atoms with Crippen LogP contribution in [0.5, 0.6) is 0 Å². The first-order valence-corrected chi connectivity index (χ1v) is 3.69. The minimum Gasteiger partial charge on any atom is -0.344 e. The molecule has 11 heavy (non-hydrogen) atoms. The predicted octanol–water partition coefficient (Wildman–Crippen LogP) is 2.18. The summed E-state index contributed by atoms with van der Waals surface area (Å²) < 4.78 is 0. The molecule has 0 aromatic carbocycles. The highest BCUT2D eigenvalue weighted by molar-refractivity contribution is 5.76. The van der Waals surface area contributed by atoms with E-state index < -0.39 is 0 Å². The molecule has 0 bridgehead atoms. The standard InChI is InChI=1S/C9H10N2/c1-6-3-4-8-5-7(2)11-9(8)10-6/h3-5H,1-2H3,(H,10,11).